The van der Waals surface area contributed by atoms with Crippen molar-refractivity contribution in [1.82, 2.24) is 29.2 Å². The standard InChI is InChI=1S/C30H33FN6O2/c1-19(2)24-9-7-21(15-32-24)28-25(37-12-5-4-6-26(37)33-28)18-35-13-11-20-14-22(35)17-36(16-20)30(38)29-23(31)8-10-27(34-29)39-3/h4-10,12,15,19-20,22H,11,13-14,16-18H2,1-3H3. The lowest BCUT2D eigenvalue weighted by atomic mass is 9.86. The van der Waals surface area contributed by atoms with Crippen LogP contribution in [0.3, 0.4) is 0 Å². The van der Waals surface area contributed by atoms with Crippen LogP contribution < -0.4 is 4.74 Å². The largest absolute Gasteiger partial charge is 0.481 e. The lowest BCUT2D eigenvalue weighted by Gasteiger charge is -2.47. The maximum absolute atomic E-state index is 14.6. The molecule has 2 unspecified atom stereocenters. The molecule has 39 heavy (non-hydrogen) atoms. The molecule has 2 bridgehead atoms. The van der Waals surface area contributed by atoms with Crippen molar-refractivity contribution in [3.63, 3.8) is 0 Å². The van der Waals surface area contributed by atoms with Gasteiger partial charge in [-0.15, -0.1) is 0 Å². The summed E-state index contributed by atoms with van der Waals surface area (Å²) in [7, 11) is 1.46. The Morgan fingerprint density at radius 1 is 1.13 bits per heavy atom. The van der Waals surface area contributed by atoms with Gasteiger partial charge in [0.25, 0.3) is 5.91 Å². The van der Waals surface area contributed by atoms with E-state index in [1.165, 1.54) is 19.2 Å². The first-order valence-corrected chi connectivity index (χ1v) is 13.6. The van der Waals surface area contributed by atoms with Crippen LogP contribution in [0.2, 0.25) is 0 Å². The highest BCUT2D eigenvalue weighted by Crippen LogP contribution is 2.33. The molecule has 6 rings (SSSR count). The minimum absolute atomic E-state index is 0.165. The zero-order valence-electron chi connectivity index (χ0n) is 22.5. The first-order valence-electron chi connectivity index (χ1n) is 13.6. The molecule has 0 aliphatic carbocycles. The lowest BCUT2D eigenvalue weighted by Crippen LogP contribution is -2.56. The third-order valence-corrected chi connectivity index (χ3v) is 8.01. The van der Waals surface area contributed by atoms with Crippen molar-refractivity contribution in [3.05, 3.63) is 77.8 Å². The molecule has 2 saturated heterocycles. The normalized spacial score (nSPS) is 19.6. The van der Waals surface area contributed by atoms with Gasteiger partial charge in [0.1, 0.15) is 5.65 Å². The molecule has 202 valence electrons. The summed E-state index contributed by atoms with van der Waals surface area (Å²) < 4.78 is 21.8. The minimum Gasteiger partial charge on any atom is -0.481 e. The fourth-order valence-corrected chi connectivity index (χ4v) is 5.90. The van der Waals surface area contributed by atoms with Crippen molar-refractivity contribution in [2.45, 2.75) is 45.2 Å². The molecule has 4 aromatic rings. The van der Waals surface area contributed by atoms with E-state index in [-0.39, 0.29) is 23.5 Å². The second kappa shape index (κ2) is 10.4. The van der Waals surface area contributed by atoms with E-state index in [1.807, 2.05) is 24.4 Å². The number of hydrogen-bond acceptors (Lipinski definition) is 6. The number of nitrogens with zero attached hydrogens (tertiary/aromatic N) is 6. The third-order valence-electron chi connectivity index (χ3n) is 8.01. The minimum atomic E-state index is -0.624. The van der Waals surface area contributed by atoms with E-state index in [0.29, 0.717) is 31.5 Å². The van der Waals surface area contributed by atoms with E-state index in [1.54, 1.807) is 4.90 Å². The van der Waals surface area contributed by atoms with Gasteiger partial charge in [-0.1, -0.05) is 19.9 Å². The summed E-state index contributed by atoms with van der Waals surface area (Å²) in [5.41, 5.74) is 4.80. The van der Waals surface area contributed by atoms with E-state index in [2.05, 4.69) is 51.4 Å². The van der Waals surface area contributed by atoms with Crippen LogP contribution in [-0.4, -0.2) is 67.8 Å². The number of halogens is 1. The summed E-state index contributed by atoms with van der Waals surface area (Å²) in [4.78, 5) is 31.4. The number of pyridine rings is 3. The summed E-state index contributed by atoms with van der Waals surface area (Å²) >= 11 is 0. The maximum Gasteiger partial charge on any atom is 0.275 e. The summed E-state index contributed by atoms with van der Waals surface area (Å²) in [6.45, 7) is 7.06. The van der Waals surface area contributed by atoms with Crippen LogP contribution in [0.15, 0.2) is 54.9 Å². The van der Waals surface area contributed by atoms with Crippen LogP contribution in [0.25, 0.3) is 16.9 Å². The summed E-state index contributed by atoms with van der Waals surface area (Å²) in [6.07, 6.45) is 5.96. The summed E-state index contributed by atoms with van der Waals surface area (Å²) in [6, 6.07) is 13.1. The molecular weight excluding hydrogens is 495 g/mol. The van der Waals surface area contributed by atoms with E-state index in [0.717, 1.165) is 47.7 Å². The fraction of sp³-hybridized carbons (Fsp3) is 0.400. The van der Waals surface area contributed by atoms with Crippen molar-refractivity contribution in [3.8, 4) is 17.1 Å². The van der Waals surface area contributed by atoms with Crippen molar-refractivity contribution < 1.29 is 13.9 Å². The number of carbonyl (C=O) groups excluding carboxylic acids is 1. The van der Waals surface area contributed by atoms with Crippen LogP contribution >= 0.6 is 0 Å². The SMILES string of the molecule is COc1ccc(F)c(C(=O)N2CC3CCN(Cc4c(-c5ccc(C(C)C)nc5)nc5ccccn45)C(C3)C2)n1. The zero-order valence-corrected chi connectivity index (χ0v) is 22.5. The van der Waals surface area contributed by atoms with Gasteiger partial charge in [-0.2, -0.15) is 0 Å². The van der Waals surface area contributed by atoms with Crippen molar-refractivity contribution in [2.75, 3.05) is 26.7 Å². The molecule has 9 heteroatoms. The Morgan fingerprint density at radius 3 is 2.77 bits per heavy atom. The second-order valence-corrected chi connectivity index (χ2v) is 10.9. The Hall–Kier alpha value is -3.85. The van der Waals surface area contributed by atoms with E-state index >= 15 is 0 Å². The Labute approximate surface area is 227 Å². The number of likely N-dealkylation sites (tertiary alicyclic amines) is 2. The number of ether oxygens (including phenoxy) is 1. The van der Waals surface area contributed by atoms with Gasteiger partial charge in [0.15, 0.2) is 11.5 Å². The monoisotopic (exact) mass is 528 g/mol. The van der Waals surface area contributed by atoms with Crippen molar-refractivity contribution in [2.24, 2.45) is 5.92 Å². The summed E-state index contributed by atoms with van der Waals surface area (Å²) in [5, 5.41) is 0. The van der Waals surface area contributed by atoms with Gasteiger partial charge in [0.05, 0.1) is 18.5 Å². The number of carbonyl (C=O) groups is 1. The molecule has 0 radical (unpaired) electrons. The van der Waals surface area contributed by atoms with E-state index in [4.69, 9.17) is 9.72 Å². The third kappa shape index (κ3) is 4.87. The Balaban J connectivity index is 1.28. The second-order valence-electron chi connectivity index (χ2n) is 10.9. The number of amides is 1. The smallest absolute Gasteiger partial charge is 0.275 e. The first kappa shape index (κ1) is 25.4. The first-order chi connectivity index (χ1) is 18.9. The molecular formula is C30H33FN6O2. The van der Waals surface area contributed by atoms with Crippen molar-refractivity contribution >= 4 is 11.6 Å². The van der Waals surface area contributed by atoms with Crippen LogP contribution in [0.4, 0.5) is 4.39 Å². The average molecular weight is 529 g/mol. The molecule has 2 atom stereocenters. The summed E-state index contributed by atoms with van der Waals surface area (Å²) in [5.74, 6) is -0.0317. The average Bonchev–Trinajstić information content (AvgIpc) is 3.32. The number of imidazole rings is 1. The molecule has 2 aliphatic heterocycles. The molecule has 0 saturated carbocycles. The molecule has 2 fully saturated rings. The van der Waals surface area contributed by atoms with Gasteiger partial charge in [-0.25, -0.2) is 14.4 Å². The molecule has 1 amide bonds. The Morgan fingerprint density at radius 2 is 2.00 bits per heavy atom. The number of hydrogen-bond donors (Lipinski definition) is 0. The highest BCUT2D eigenvalue weighted by molar-refractivity contribution is 5.92. The lowest BCUT2D eigenvalue weighted by molar-refractivity contribution is 0.0150. The molecule has 4 aromatic heterocycles. The van der Waals surface area contributed by atoms with Gasteiger partial charge < -0.3 is 14.0 Å². The molecule has 8 nitrogen and oxygen atoms in total. The van der Waals surface area contributed by atoms with Crippen LogP contribution in [0, 0.1) is 11.7 Å². The molecule has 0 spiro atoms. The number of piperidine rings is 2. The predicted molar refractivity (Wildman–Crippen MR) is 146 cm³/mol. The number of rotatable bonds is 6. The predicted octanol–water partition coefficient (Wildman–Crippen LogP) is 4.80. The van der Waals surface area contributed by atoms with E-state index < -0.39 is 5.82 Å². The quantitative estimate of drug-likeness (QED) is 0.358. The molecule has 2 aliphatic rings. The van der Waals surface area contributed by atoms with Crippen LogP contribution in [0.5, 0.6) is 5.88 Å². The molecule has 6 heterocycles. The molecule has 0 N–H and O–H groups in total. The zero-order chi connectivity index (χ0) is 27.1. The van der Waals surface area contributed by atoms with Gasteiger partial charge in [0, 0.05) is 55.4 Å². The van der Waals surface area contributed by atoms with E-state index in [9.17, 15) is 9.18 Å². The maximum atomic E-state index is 14.6. The number of aromatic nitrogens is 4. The topological polar surface area (TPSA) is 75.9 Å². The van der Waals surface area contributed by atoms with Gasteiger partial charge in [0.2, 0.25) is 5.88 Å². The highest BCUT2D eigenvalue weighted by atomic mass is 19.1. The fourth-order valence-electron chi connectivity index (χ4n) is 5.90. The van der Waals surface area contributed by atoms with Gasteiger partial charge >= 0.3 is 0 Å². The molecule has 0 aromatic carbocycles. The highest BCUT2D eigenvalue weighted by Gasteiger charge is 2.38. The number of methoxy groups -OCH3 is 1. The van der Waals surface area contributed by atoms with Gasteiger partial charge in [-0.3, -0.25) is 14.7 Å². The number of fused-ring (bicyclic) bond motifs is 3. The van der Waals surface area contributed by atoms with Crippen LogP contribution in [0.1, 0.15) is 54.5 Å². The van der Waals surface area contributed by atoms with Crippen LogP contribution in [-0.2, 0) is 6.54 Å². The Bertz CT molecular complexity index is 1500. The Kier molecular flexibility index (Phi) is 6.76. The van der Waals surface area contributed by atoms with Gasteiger partial charge in [-0.05, 0) is 61.6 Å². The van der Waals surface area contributed by atoms with Crippen molar-refractivity contribution in [1.29, 1.82) is 0 Å².